The molecule has 1 aliphatic rings. The third-order valence-corrected chi connectivity index (χ3v) is 6.71. The Kier molecular flexibility index (Phi) is 7.08. The van der Waals surface area contributed by atoms with Gasteiger partial charge in [0.2, 0.25) is 15.0 Å². The summed E-state index contributed by atoms with van der Waals surface area (Å²) in [5.41, 5.74) is 1.34. The number of aromatic nitrogens is 2. The standard InChI is InChI=1S/C21H29ClN4O3S/c1-4-23-20(27)25(18-8-9-18)13-19-11-24-21(26(19)12-15(2)3)30(28,29)14-16-6-5-7-17(22)10-16/h5-7,10-11,15,18H,4,8-9,12-14H2,1-3H3,(H,23,27). The van der Waals surface area contributed by atoms with Crippen molar-refractivity contribution in [3.8, 4) is 0 Å². The highest BCUT2D eigenvalue weighted by Gasteiger charge is 2.34. The zero-order valence-corrected chi connectivity index (χ0v) is 19.2. The number of urea groups is 1. The summed E-state index contributed by atoms with van der Waals surface area (Å²) >= 11 is 6.01. The van der Waals surface area contributed by atoms with Gasteiger partial charge in [0, 0.05) is 24.2 Å². The summed E-state index contributed by atoms with van der Waals surface area (Å²) in [5, 5.41) is 3.38. The van der Waals surface area contributed by atoms with Crippen LogP contribution in [0.3, 0.4) is 0 Å². The molecule has 1 N–H and O–H groups in total. The number of amides is 2. The first kappa shape index (κ1) is 22.6. The zero-order chi connectivity index (χ0) is 21.9. The van der Waals surface area contributed by atoms with Gasteiger partial charge in [0.15, 0.2) is 0 Å². The van der Waals surface area contributed by atoms with Crippen molar-refractivity contribution in [3.63, 3.8) is 0 Å². The Labute approximate surface area is 183 Å². The second-order valence-electron chi connectivity index (χ2n) is 8.12. The lowest BCUT2D eigenvalue weighted by molar-refractivity contribution is 0.190. The minimum atomic E-state index is -3.68. The zero-order valence-electron chi connectivity index (χ0n) is 17.6. The molecule has 3 rings (SSSR count). The number of benzene rings is 1. The molecule has 0 unspecified atom stereocenters. The van der Waals surface area contributed by atoms with Gasteiger partial charge in [-0.25, -0.2) is 18.2 Å². The molecule has 1 aromatic heterocycles. The summed E-state index contributed by atoms with van der Waals surface area (Å²) in [6.07, 6.45) is 3.52. The van der Waals surface area contributed by atoms with Crippen molar-refractivity contribution >= 4 is 27.5 Å². The fourth-order valence-electron chi connectivity index (χ4n) is 3.42. The van der Waals surface area contributed by atoms with E-state index in [1.807, 2.05) is 20.8 Å². The fraction of sp³-hybridized carbons (Fsp3) is 0.524. The summed E-state index contributed by atoms with van der Waals surface area (Å²) < 4.78 is 28.1. The molecule has 164 valence electrons. The molecule has 0 atom stereocenters. The van der Waals surface area contributed by atoms with Crippen molar-refractivity contribution < 1.29 is 13.2 Å². The van der Waals surface area contributed by atoms with Gasteiger partial charge in [0.25, 0.3) is 0 Å². The number of halogens is 1. The predicted molar refractivity (Wildman–Crippen MR) is 117 cm³/mol. The normalized spacial score (nSPS) is 14.2. The van der Waals surface area contributed by atoms with Crippen LogP contribution in [0.5, 0.6) is 0 Å². The third-order valence-electron chi connectivity index (χ3n) is 4.88. The Morgan fingerprint density at radius 1 is 1.37 bits per heavy atom. The van der Waals surface area contributed by atoms with Gasteiger partial charge in [-0.15, -0.1) is 0 Å². The third kappa shape index (κ3) is 5.55. The average Bonchev–Trinajstić information content (AvgIpc) is 3.41. The topological polar surface area (TPSA) is 84.3 Å². The molecule has 2 amide bonds. The molecular formula is C21H29ClN4O3S. The van der Waals surface area contributed by atoms with E-state index in [-0.39, 0.29) is 28.9 Å². The molecule has 0 radical (unpaired) electrons. The first-order chi connectivity index (χ1) is 14.2. The number of hydrogen-bond donors (Lipinski definition) is 1. The first-order valence-electron chi connectivity index (χ1n) is 10.3. The molecule has 1 heterocycles. The van der Waals surface area contributed by atoms with Crippen molar-refractivity contribution in [2.45, 2.75) is 63.7 Å². The van der Waals surface area contributed by atoms with E-state index in [1.165, 1.54) is 0 Å². The van der Waals surface area contributed by atoms with Crippen LogP contribution in [-0.4, -0.2) is 41.5 Å². The number of sulfone groups is 1. The number of hydrogen-bond acceptors (Lipinski definition) is 4. The SMILES string of the molecule is CCNC(=O)N(Cc1cnc(S(=O)(=O)Cc2cccc(Cl)c2)n1CC(C)C)C1CC1. The van der Waals surface area contributed by atoms with E-state index < -0.39 is 9.84 Å². The predicted octanol–water partition coefficient (Wildman–Crippen LogP) is 3.86. The number of imidazole rings is 1. The van der Waals surface area contributed by atoms with Crippen LogP contribution in [0.25, 0.3) is 0 Å². The molecule has 30 heavy (non-hydrogen) atoms. The summed E-state index contributed by atoms with van der Waals surface area (Å²) in [4.78, 5) is 18.6. The lowest BCUT2D eigenvalue weighted by Gasteiger charge is -2.24. The van der Waals surface area contributed by atoms with Crippen LogP contribution in [0, 0.1) is 5.92 Å². The number of carbonyl (C=O) groups excluding carboxylic acids is 1. The molecule has 9 heteroatoms. The average molecular weight is 453 g/mol. The maximum atomic E-state index is 13.2. The van der Waals surface area contributed by atoms with Crippen LogP contribution in [0.4, 0.5) is 4.79 Å². The number of nitrogens with one attached hydrogen (secondary N) is 1. The Balaban J connectivity index is 1.91. The molecular weight excluding hydrogens is 424 g/mol. The Morgan fingerprint density at radius 2 is 2.10 bits per heavy atom. The minimum absolute atomic E-state index is 0.0397. The van der Waals surface area contributed by atoms with Crippen molar-refractivity contribution in [1.29, 1.82) is 0 Å². The van der Waals surface area contributed by atoms with E-state index in [4.69, 9.17) is 11.6 Å². The molecule has 0 spiro atoms. The highest BCUT2D eigenvalue weighted by molar-refractivity contribution is 7.90. The second-order valence-corrected chi connectivity index (χ2v) is 10.4. The highest BCUT2D eigenvalue weighted by atomic mass is 35.5. The van der Waals surface area contributed by atoms with Crippen LogP contribution in [-0.2, 0) is 28.7 Å². The minimum Gasteiger partial charge on any atom is -0.338 e. The lowest BCUT2D eigenvalue weighted by atomic mass is 10.2. The smallest absolute Gasteiger partial charge is 0.317 e. The van der Waals surface area contributed by atoms with Gasteiger partial charge < -0.3 is 14.8 Å². The molecule has 1 aromatic carbocycles. The van der Waals surface area contributed by atoms with Crippen LogP contribution in [0.1, 0.15) is 44.9 Å². The maximum absolute atomic E-state index is 13.2. The van der Waals surface area contributed by atoms with Gasteiger partial charge in [0.05, 0.1) is 24.2 Å². The molecule has 1 fully saturated rings. The largest absolute Gasteiger partial charge is 0.338 e. The van der Waals surface area contributed by atoms with E-state index in [1.54, 1.807) is 39.9 Å². The van der Waals surface area contributed by atoms with Gasteiger partial charge >= 0.3 is 6.03 Å². The Morgan fingerprint density at radius 3 is 2.70 bits per heavy atom. The Bertz CT molecular complexity index is 999. The van der Waals surface area contributed by atoms with Gasteiger partial charge in [-0.3, -0.25) is 0 Å². The summed E-state index contributed by atoms with van der Waals surface area (Å²) in [5.74, 6) is 0.0435. The van der Waals surface area contributed by atoms with Crippen LogP contribution in [0.15, 0.2) is 35.6 Å². The number of carbonyl (C=O) groups is 1. The Hall–Kier alpha value is -2.06. The monoisotopic (exact) mass is 452 g/mol. The van der Waals surface area contributed by atoms with E-state index >= 15 is 0 Å². The van der Waals surface area contributed by atoms with Crippen LogP contribution >= 0.6 is 11.6 Å². The highest BCUT2D eigenvalue weighted by Crippen LogP contribution is 2.29. The summed E-state index contributed by atoms with van der Waals surface area (Å²) in [6.45, 7) is 7.33. The summed E-state index contributed by atoms with van der Waals surface area (Å²) in [7, 11) is -3.68. The second kappa shape index (κ2) is 9.39. The number of nitrogens with zero attached hydrogens (tertiary/aromatic N) is 3. The van der Waals surface area contributed by atoms with Crippen LogP contribution in [0.2, 0.25) is 5.02 Å². The van der Waals surface area contributed by atoms with Gasteiger partial charge in [-0.1, -0.05) is 37.6 Å². The molecule has 0 bridgehead atoms. The maximum Gasteiger partial charge on any atom is 0.317 e. The molecule has 0 saturated heterocycles. The van der Waals surface area contributed by atoms with Crippen molar-refractivity contribution in [3.05, 3.63) is 46.7 Å². The van der Waals surface area contributed by atoms with Crippen molar-refractivity contribution in [2.24, 2.45) is 5.92 Å². The summed E-state index contributed by atoms with van der Waals surface area (Å²) in [6, 6.07) is 6.91. The van der Waals surface area contributed by atoms with Crippen molar-refractivity contribution in [1.82, 2.24) is 19.8 Å². The van der Waals surface area contributed by atoms with Crippen LogP contribution < -0.4 is 5.32 Å². The van der Waals surface area contributed by atoms with Crippen molar-refractivity contribution in [2.75, 3.05) is 6.54 Å². The van der Waals surface area contributed by atoms with E-state index in [9.17, 15) is 13.2 Å². The van der Waals surface area contributed by atoms with E-state index in [2.05, 4.69) is 10.3 Å². The quantitative estimate of drug-likeness (QED) is 0.626. The first-order valence-corrected chi connectivity index (χ1v) is 12.3. The lowest BCUT2D eigenvalue weighted by Crippen LogP contribution is -2.41. The molecule has 1 saturated carbocycles. The molecule has 7 nitrogen and oxygen atoms in total. The van der Waals surface area contributed by atoms with E-state index in [0.29, 0.717) is 30.2 Å². The molecule has 2 aromatic rings. The van der Waals surface area contributed by atoms with E-state index in [0.717, 1.165) is 18.5 Å². The molecule has 1 aliphatic carbocycles. The van der Waals surface area contributed by atoms with Gasteiger partial charge in [-0.2, -0.15) is 0 Å². The fourth-order valence-corrected chi connectivity index (χ4v) is 5.12. The number of rotatable bonds is 9. The molecule has 0 aliphatic heterocycles. The van der Waals surface area contributed by atoms with Gasteiger partial charge in [0.1, 0.15) is 0 Å². The van der Waals surface area contributed by atoms with Gasteiger partial charge in [-0.05, 0) is 43.4 Å².